The molecule has 10 heteroatoms. The maximum Gasteiger partial charge on any atom is 0.262 e. The summed E-state index contributed by atoms with van der Waals surface area (Å²) in [4.78, 5) is 0.162. The zero-order chi connectivity index (χ0) is 21.8. The van der Waals surface area contributed by atoms with Crippen molar-refractivity contribution in [3.8, 4) is 11.5 Å². The second kappa shape index (κ2) is 9.23. The lowest BCUT2D eigenvalue weighted by atomic mass is 10.3. The highest BCUT2D eigenvalue weighted by Gasteiger charge is 2.27. The number of benzene rings is 2. The van der Waals surface area contributed by atoms with Gasteiger partial charge in [-0.3, -0.25) is 4.72 Å². The summed E-state index contributed by atoms with van der Waals surface area (Å²) in [6.45, 7) is 5.44. The first kappa shape index (κ1) is 22.4. The van der Waals surface area contributed by atoms with Crippen LogP contribution in [0.4, 0.5) is 5.69 Å². The molecule has 0 amide bonds. The molecular formula is C20H26N2O6S2. The monoisotopic (exact) mass is 454 g/mol. The van der Waals surface area contributed by atoms with Gasteiger partial charge >= 0.3 is 0 Å². The van der Waals surface area contributed by atoms with Gasteiger partial charge in [0.05, 0.1) is 23.0 Å². The number of rotatable bonds is 9. The number of ether oxygens (including phenoxy) is 2. The molecule has 1 fully saturated rings. The predicted octanol–water partition coefficient (Wildman–Crippen LogP) is 3.07. The first-order chi connectivity index (χ1) is 14.3. The maximum atomic E-state index is 12.8. The maximum absolute atomic E-state index is 12.8. The minimum atomic E-state index is -3.90. The van der Waals surface area contributed by atoms with E-state index in [2.05, 4.69) is 4.72 Å². The van der Waals surface area contributed by atoms with Crippen LogP contribution in [0.15, 0.2) is 52.3 Å². The van der Waals surface area contributed by atoms with Crippen molar-refractivity contribution in [1.82, 2.24) is 4.31 Å². The summed E-state index contributed by atoms with van der Waals surface area (Å²) in [6, 6.07) is 10.1. The Hall–Kier alpha value is -2.30. The van der Waals surface area contributed by atoms with E-state index in [4.69, 9.17) is 9.47 Å². The Bertz CT molecular complexity index is 1080. The molecule has 0 aliphatic carbocycles. The van der Waals surface area contributed by atoms with Crippen LogP contribution in [0.3, 0.4) is 0 Å². The second-order valence-electron chi connectivity index (χ2n) is 6.72. The molecule has 1 N–H and O–H groups in total. The molecule has 0 unspecified atom stereocenters. The van der Waals surface area contributed by atoms with Crippen LogP contribution in [0.5, 0.6) is 11.5 Å². The predicted molar refractivity (Wildman–Crippen MR) is 114 cm³/mol. The van der Waals surface area contributed by atoms with E-state index in [-0.39, 0.29) is 15.5 Å². The van der Waals surface area contributed by atoms with Gasteiger partial charge in [-0.05, 0) is 63.1 Å². The van der Waals surface area contributed by atoms with Crippen LogP contribution < -0.4 is 14.2 Å². The molecule has 30 heavy (non-hydrogen) atoms. The summed E-state index contributed by atoms with van der Waals surface area (Å²) < 4.78 is 65.6. The van der Waals surface area contributed by atoms with Crippen LogP contribution in [0.1, 0.15) is 26.7 Å². The molecule has 0 atom stereocenters. The van der Waals surface area contributed by atoms with Crippen molar-refractivity contribution in [1.29, 1.82) is 0 Å². The van der Waals surface area contributed by atoms with E-state index in [1.54, 1.807) is 13.0 Å². The third kappa shape index (κ3) is 4.88. The third-order valence-electron chi connectivity index (χ3n) is 4.63. The standard InChI is InChI=1S/C20H26N2O6S2/c1-3-27-19-12-11-18(15-20(19)28-4-2)29(23,24)21-16-7-9-17(10-8-16)30(25,26)22-13-5-6-14-22/h7-12,15,21H,3-6,13-14H2,1-2H3. The Morgan fingerprint density at radius 2 is 1.40 bits per heavy atom. The van der Waals surface area contributed by atoms with Gasteiger partial charge in [-0.1, -0.05) is 0 Å². The Morgan fingerprint density at radius 1 is 0.833 bits per heavy atom. The number of hydrogen-bond donors (Lipinski definition) is 1. The van der Waals surface area contributed by atoms with Crippen molar-refractivity contribution in [2.45, 2.75) is 36.5 Å². The highest BCUT2D eigenvalue weighted by atomic mass is 32.2. The van der Waals surface area contributed by atoms with Gasteiger partial charge in [0, 0.05) is 24.8 Å². The minimum Gasteiger partial charge on any atom is -0.490 e. The minimum absolute atomic E-state index is 0.0168. The Balaban J connectivity index is 1.81. The zero-order valence-electron chi connectivity index (χ0n) is 17.0. The van der Waals surface area contributed by atoms with E-state index in [9.17, 15) is 16.8 Å². The summed E-state index contributed by atoms with van der Waals surface area (Å²) >= 11 is 0. The fourth-order valence-electron chi connectivity index (χ4n) is 3.19. The lowest BCUT2D eigenvalue weighted by Crippen LogP contribution is -2.27. The van der Waals surface area contributed by atoms with E-state index in [1.165, 1.54) is 40.7 Å². The topological polar surface area (TPSA) is 102 Å². The molecule has 8 nitrogen and oxygen atoms in total. The summed E-state index contributed by atoms with van der Waals surface area (Å²) in [7, 11) is -7.44. The Morgan fingerprint density at radius 3 is 2.00 bits per heavy atom. The van der Waals surface area contributed by atoms with E-state index in [1.807, 2.05) is 6.92 Å². The normalized spacial score (nSPS) is 15.1. The SMILES string of the molecule is CCOc1ccc(S(=O)(=O)Nc2ccc(S(=O)(=O)N3CCCC3)cc2)cc1OCC. The third-order valence-corrected chi connectivity index (χ3v) is 7.93. The van der Waals surface area contributed by atoms with Gasteiger partial charge in [0.15, 0.2) is 11.5 Å². The van der Waals surface area contributed by atoms with Gasteiger partial charge in [-0.2, -0.15) is 4.31 Å². The van der Waals surface area contributed by atoms with Gasteiger partial charge < -0.3 is 9.47 Å². The number of anilines is 1. The number of nitrogens with one attached hydrogen (secondary N) is 1. The number of hydrogen-bond acceptors (Lipinski definition) is 6. The summed E-state index contributed by atoms with van der Waals surface area (Å²) in [5.74, 6) is 0.809. The van der Waals surface area contributed by atoms with Crippen LogP contribution in [0, 0.1) is 0 Å². The van der Waals surface area contributed by atoms with Gasteiger partial charge in [0.25, 0.3) is 10.0 Å². The van der Waals surface area contributed by atoms with E-state index >= 15 is 0 Å². The molecular weight excluding hydrogens is 428 g/mol. The fourth-order valence-corrected chi connectivity index (χ4v) is 5.78. The molecule has 2 aromatic carbocycles. The van der Waals surface area contributed by atoms with Crippen molar-refractivity contribution in [3.63, 3.8) is 0 Å². The molecule has 1 saturated heterocycles. The number of sulfonamides is 2. The van der Waals surface area contributed by atoms with Crippen molar-refractivity contribution >= 4 is 25.7 Å². The molecule has 3 rings (SSSR count). The smallest absolute Gasteiger partial charge is 0.262 e. The van der Waals surface area contributed by atoms with Gasteiger partial charge in [-0.25, -0.2) is 16.8 Å². The van der Waals surface area contributed by atoms with Crippen molar-refractivity contribution in [3.05, 3.63) is 42.5 Å². The lowest BCUT2D eigenvalue weighted by molar-refractivity contribution is 0.287. The summed E-state index contributed by atoms with van der Waals surface area (Å²) in [5, 5.41) is 0. The summed E-state index contributed by atoms with van der Waals surface area (Å²) in [6.07, 6.45) is 1.70. The highest BCUT2D eigenvalue weighted by molar-refractivity contribution is 7.92. The van der Waals surface area contributed by atoms with Crippen LogP contribution in [-0.2, 0) is 20.0 Å². The molecule has 2 aromatic rings. The molecule has 164 valence electrons. The molecule has 0 spiro atoms. The molecule has 0 bridgehead atoms. The highest BCUT2D eigenvalue weighted by Crippen LogP contribution is 2.31. The average molecular weight is 455 g/mol. The fraction of sp³-hybridized carbons (Fsp3) is 0.400. The molecule has 1 heterocycles. The van der Waals surface area contributed by atoms with Crippen molar-refractivity contribution in [2.24, 2.45) is 0 Å². The number of nitrogens with zero attached hydrogens (tertiary/aromatic N) is 1. The Labute approximate surface area is 177 Å². The van der Waals surface area contributed by atoms with E-state index in [0.717, 1.165) is 12.8 Å². The molecule has 0 saturated carbocycles. The van der Waals surface area contributed by atoms with Crippen LogP contribution in [0.2, 0.25) is 0 Å². The molecule has 1 aliphatic heterocycles. The first-order valence-corrected chi connectivity index (χ1v) is 12.7. The molecule has 0 aromatic heterocycles. The molecule has 0 radical (unpaired) electrons. The average Bonchev–Trinajstić information content (AvgIpc) is 3.25. The van der Waals surface area contributed by atoms with E-state index in [0.29, 0.717) is 37.8 Å². The van der Waals surface area contributed by atoms with Crippen molar-refractivity contribution < 1.29 is 26.3 Å². The summed E-state index contributed by atoms with van der Waals surface area (Å²) in [5.41, 5.74) is 0.266. The van der Waals surface area contributed by atoms with Crippen LogP contribution >= 0.6 is 0 Å². The lowest BCUT2D eigenvalue weighted by Gasteiger charge is -2.16. The molecule has 1 aliphatic rings. The van der Waals surface area contributed by atoms with Crippen molar-refractivity contribution in [2.75, 3.05) is 31.0 Å². The van der Waals surface area contributed by atoms with E-state index < -0.39 is 20.0 Å². The van der Waals surface area contributed by atoms with Gasteiger partial charge in [-0.15, -0.1) is 0 Å². The zero-order valence-corrected chi connectivity index (χ0v) is 18.6. The van der Waals surface area contributed by atoms with Crippen LogP contribution in [0.25, 0.3) is 0 Å². The quantitative estimate of drug-likeness (QED) is 0.625. The second-order valence-corrected chi connectivity index (χ2v) is 10.3. The first-order valence-electron chi connectivity index (χ1n) is 9.80. The van der Waals surface area contributed by atoms with Gasteiger partial charge in [0.2, 0.25) is 10.0 Å². The van der Waals surface area contributed by atoms with Gasteiger partial charge in [0.1, 0.15) is 0 Å². The Kier molecular flexibility index (Phi) is 6.89. The largest absolute Gasteiger partial charge is 0.490 e. The van der Waals surface area contributed by atoms with Crippen LogP contribution in [-0.4, -0.2) is 47.4 Å².